The first kappa shape index (κ1) is 15.3. The van der Waals surface area contributed by atoms with Crippen LogP contribution in [-0.4, -0.2) is 31.3 Å². The maximum atomic E-state index is 11.0. The second-order valence-electron chi connectivity index (χ2n) is 4.25. The van der Waals surface area contributed by atoms with Crippen molar-refractivity contribution in [3.63, 3.8) is 0 Å². The van der Waals surface area contributed by atoms with Crippen LogP contribution in [0.3, 0.4) is 0 Å². The molecule has 0 radical (unpaired) electrons. The fourth-order valence-corrected chi connectivity index (χ4v) is 1.83. The van der Waals surface area contributed by atoms with Gasteiger partial charge in [0.05, 0.1) is 14.2 Å². The van der Waals surface area contributed by atoms with Gasteiger partial charge in [-0.3, -0.25) is 4.79 Å². The van der Waals surface area contributed by atoms with Crippen molar-refractivity contribution < 1.29 is 19.4 Å². The monoisotopic (exact) mass is 267 g/mol. The highest BCUT2D eigenvalue weighted by atomic mass is 16.5. The van der Waals surface area contributed by atoms with E-state index in [9.17, 15) is 4.79 Å². The molecule has 0 aliphatic carbocycles. The van der Waals surface area contributed by atoms with Crippen molar-refractivity contribution >= 4 is 5.97 Å². The predicted octanol–water partition coefficient (Wildman–Crippen LogP) is 2.05. The maximum absolute atomic E-state index is 11.0. The van der Waals surface area contributed by atoms with E-state index in [-0.39, 0.29) is 0 Å². The minimum atomic E-state index is -0.817. The fraction of sp³-hybridized carbons (Fsp3) is 0.500. The Morgan fingerprint density at radius 2 is 2.00 bits per heavy atom. The van der Waals surface area contributed by atoms with Crippen LogP contribution in [0.25, 0.3) is 0 Å². The van der Waals surface area contributed by atoms with Gasteiger partial charge in [-0.1, -0.05) is 19.4 Å². The SMILES string of the molecule is CCCC(NCc1ccc(OC)c(OC)c1)C(=O)O. The molecule has 1 aromatic rings. The summed E-state index contributed by atoms with van der Waals surface area (Å²) in [6.07, 6.45) is 1.44. The molecule has 0 aliphatic rings. The summed E-state index contributed by atoms with van der Waals surface area (Å²) in [6.45, 7) is 2.45. The van der Waals surface area contributed by atoms with Crippen LogP contribution in [0.5, 0.6) is 11.5 Å². The van der Waals surface area contributed by atoms with Gasteiger partial charge in [0.25, 0.3) is 0 Å². The van der Waals surface area contributed by atoms with Crippen molar-refractivity contribution in [3.8, 4) is 11.5 Å². The lowest BCUT2D eigenvalue weighted by Gasteiger charge is -2.14. The van der Waals surface area contributed by atoms with E-state index in [0.717, 1.165) is 12.0 Å². The molecule has 5 nitrogen and oxygen atoms in total. The van der Waals surface area contributed by atoms with Crippen molar-refractivity contribution in [2.24, 2.45) is 0 Å². The Kier molecular flexibility index (Phi) is 6.15. The minimum absolute atomic E-state index is 0.483. The highest BCUT2D eigenvalue weighted by molar-refractivity contribution is 5.73. The zero-order valence-corrected chi connectivity index (χ0v) is 11.6. The van der Waals surface area contributed by atoms with Gasteiger partial charge in [-0.15, -0.1) is 0 Å². The van der Waals surface area contributed by atoms with Gasteiger partial charge in [0.2, 0.25) is 0 Å². The van der Waals surface area contributed by atoms with Crippen LogP contribution in [-0.2, 0) is 11.3 Å². The third kappa shape index (κ3) is 4.44. The normalized spacial score (nSPS) is 11.9. The zero-order valence-electron chi connectivity index (χ0n) is 11.6. The van der Waals surface area contributed by atoms with Gasteiger partial charge in [0.15, 0.2) is 11.5 Å². The van der Waals surface area contributed by atoms with Crippen LogP contribution in [0.4, 0.5) is 0 Å². The van der Waals surface area contributed by atoms with E-state index in [1.165, 1.54) is 0 Å². The molecule has 2 N–H and O–H groups in total. The number of hydrogen-bond acceptors (Lipinski definition) is 4. The number of aliphatic carboxylic acids is 1. The molecule has 0 heterocycles. The van der Waals surface area contributed by atoms with Gasteiger partial charge >= 0.3 is 5.97 Å². The molecule has 106 valence electrons. The van der Waals surface area contributed by atoms with Crippen molar-refractivity contribution in [3.05, 3.63) is 23.8 Å². The number of carbonyl (C=O) groups is 1. The van der Waals surface area contributed by atoms with Gasteiger partial charge in [0, 0.05) is 6.54 Å². The van der Waals surface area contributed by atoms with Crippen molar-refractivity contribution in [1.29, 1.82) is 0 Å². The first-order valence-corrected chi connectivity index (χ1v) is 6.29. The molecule has 0 spiro atoms. The van der Waals surface area contributed by atoms with Gasteiger partial charge in [-0.05, 0) is 24.1 Å². The molecule has 0 aromatic heterocycles. The predicted molar refractivity (Wildman–Crippen MR) is 72.7 cm³/mol. The van der Waals surface area contributed by atoms with Crippen LogP contribution in [0, 0.1) is 0 Å². The summed E-state index contributed by atoms with van der Waals surface area (Å²) >= 11 is 0. The number of rotatable bonds is 8. The number of hydrogen-bond donors (Lipinski definition) is 2. The molecule has 0 saturated heterocycles. The summed E-state index contributed by atoms with van der Waals surface area (Å²) in [6, 6.07) is 5.03. The molecule has 0 aliphatic heterocycles. The second kappa shape index (κ2) is 7.63. The number of benzene rings is 1. The first-order chi connectivity index (χ1) is 9.12. The van der Waals surface area contributed by atoms with E-state index in [4.69, 9.17) is 14.6 Å². The number of nitrogens with one attached hydrogen (secondary N) is 1. The van der Waals surface area contributed by atoms with Crippen LogP contribution in [0.15, 0.2) is 18.2 Å². The average Bonchev–Trinajstić information content (AvgIpc) is 2.42. The standard InChI is InChI=1S/C14H21NO4/c1-4-5-11(14(16)17)15-9-10-6-7-12(18-2)13(8-10)19-3/h6-8,11,15H,4-5,9H2,1-3H3,(H,16,17). The Hall–Kier alpha value is -1.75. The molecule has 1 aromatic carbocycles. The van der Waals surface area contributed by atoms with Gasteiger partial charge in [0.1, 0.15) is 6.04 Å². The van der Waals surface area contributed by atoms with E-state index in [2.05, 4.69) is 5.32 Å². The Labute approximate surface area is 113 Å². The van der Waals surface area contributed by atoms with E-state index < -0.39 is 12.0 Å². The van der Waals surface area contributed by atoms with Gasteiger partial charge in [-0.25, -0.2) is 0 Å². The molecule has 0 fully saturated rings. The van der Waals surface area contributed by atoms with E-state index in [0.29, 0.717) is 24.5 Å². The Balaban J connectivity index is 2.69. The number of ether oxygens (including phenoxy) is 2. The topological polar surface area (TPSA) is 67.8 Å². The van der Waals surface area contributed by atoms with E-state index in [1.54, 1.807) is 14.2 Å². The third-order valence-electron chi connectivity index (χ3n) is 2.88. The lowest BCUT2D eigenvalue weighted by atomic mass is 10.1. The molecular weight excluding hydrogens is 246 g/mol. The smallest absolute Gasteiger partial charge is 0.320 e. The number of carboxylic acids is 1. The average molecular weight is 267 g/mol. The Bertz CT molecular complexity index is 420. The third-order valence-corrected chi connectivity index (χ3v) is 2.88. The van der Waals surface area contributed by atoms with E-state index in [1.807, 2.05) is 25.1 Å². The first-order valence-electron chi connectivity index (χ1n) is 6.29. The Morgan fingerprint density at radius 1 is 1.32 bits per heavy atom. The summed E-state index contributed by atoms with van der Waals surface area (Å²) in [5, 5.41) is 12.1. The second-order valence-corrected chi connectivity index (χ2v) is 4.25. The zero-order chi connectivity index (χ0) is 14.3. The van der Waals surface area contributed by atoms with Gasteiger partial charge < -0.3 is 19.9 Å². The molecule has 19 heavy (non-hydrogen) atoms. The Morgan fingerprint density at radius 3 is 2.53 bits per heavy atom. The van der Waals surface area contributed by atoms with Crippen LogP contribution < -0.4 is 14.8 Å². The summed E-state index contributed by atoms with van der Waals surface area (Å²) < 4.78 is 10.4. The van der Waals surface area contributed by atoms with E-state index >= 15 is 0 Å². The largest absolute Gasteiger partial charge is 0.493 e. The molecular formula is C14H21NO4. The molecule has 0 bridgehead atoms. The maximum Gasteiger partial charge on any atom is 0.320 e. The van der Waals surface area contributed by atoms with Crippen molar-refractivity contribution in [2.75, 3.05) is 14.2 Å². The molecule has 0 saturated carbocycles. The molecule has 1 atom stereocenters. The lowest BCUT2D eigenvalue weighted by molar-refractivity contribution is -0.139. The van der Waals surface area contributed by atoms with Crippen LogP contribution >= 0.6 is 0 Å². The molecule has 0 amide bonds. The summed E-state index contributed by atoms with van der Waals surface area (Å²) in [7, 11) is 3.16. The molecule has 1 rings (SSSR count). The lowest BCUT2D eigenvalue weighted by Crippen LogP contribution is -2.35. The summed E-state index contributed by atoms with van der Waals surface area (Å²) in [5.74, 6) is 0.487. The van der Waals surface area contributed by atoms with Crippen LogP contribution in [0.2, 0.25) is 0 Å². The summed E-state index contributed by atoms with van der Waals surface area (Å²) in [5.41, 5.74) is 0.958. The quantitative estimate of drug-likeness (QED) is 0.754. The highest BCUT2D eigenvalue weighted by Crippen LogP contribution is 2.27. The fourth-order valence-electron chi connectivity index (χ4n) is 1.83. The molecule has 5 heteroatoms. The summed E-state index contributed by atoms with van der Waals surface area (Å²) in [4.78, 5) is 11.0. The highest BCUT2D eigenvalue weighted by Gasteiger charge is 2.15. The minimum Gasteiger partial charge on any atom is -0.493 e. The van der Waals surface area contributed by atoms with Crippen molar-refractivity contribution in [2.45, 2.75) is 32.4 Å². The number of carboxylic acid groups (broad SMARTS) is 1. The van der Waals surface area contributed by atoms with Crippen LogP contribution in [0.1, 0.15) is 25.3 Å². The number of methoxy groups -OCH3 is 2. The van der Waals surface area contributed by atoms with Gasteiger partial charge in [-0.2, -0.15) is 0 Å². The molecule has 1 unspecified atom stereocenters. The van der Waals surface area contributed by atoms with Crippen molar-refractivity contribution in [1.82, 2.24) is 5.32 Å².